The Morgan fingerprint density at radius 2 is 1.65 bits per heavy atom. The van der Waals surface area contributed by atoms with E-state index in [1.165, 1.54) is 38.5 Å². The molecule has 0 bridgehead atoms. The lowest BCUT2D eigenvalue weighted by Crippen LogP contribution is -2.34. The molecule has 0 fully saturated rings. The Morgan fingerprint density at radius 1 is 1.00 bits per heavy atom. The SMILES string of the molecule is CCCCCCCCOCCCNC(C)CN. The summed E-state index contributed by atoms with van der Waals surface area (Å²) >= 11 is 0. The Bertz CT molecular complexity index is 142. The summed E-state index contributed by atoms with van der Waals surface area (Å²) in [4.78, 5) is 0. The number of rotatable bonds is 13. The number of nitrogens with two attached hydrogens (primary N) is 1. The van der Waals surface area contributed by atoms with E-state index in [0.29, 0.717) is 12.6 Å². The maximum Gasteiger partial charge on any atom is 0.0478 e. The maximum atomic E-state index is 5.58. The second-order valence-electron chi connectivity index (χ2n) is 4.82. The van der Waals surface area contributed by atoms with Crippen molar-refractivity contribution < 1.29 is 4.74 Å². The van der Waals surface area contributed by atoms with Crippen LogP contribution in [-0.2, 0) is 4.74 Å². The summed E-state index contributed by atoms with van der Waals surface area (Å²) in [5.74, 6) is 0. The van der Waals surface area contributed by atoms with E-state index in [4.69, 9.17) is 10.5 Å². The summed E-state index contributed by atoms with van der Waals surface area (Å²) in [6.45, 7) is 7.88. The molecule has 3 heteroatoms. The van der Waals surface area contributed by atoms with Crippen molar-refractivity contribution in [2.75, 3.05) is 26.3 Å². The zero-order valence-electron chi connectivity index (χ0n) is 11.8. The number of hydrogen-bond donors (Lipinski definition) is 2. The molecular formula is C14H32N2O. The van der Waals surface area contributed by atoms with Gasteiger partial charge in [0.15, 0.2) is 0 Å². The van der Waals surface area contributed by atoms with Crippen LogP contribution in [0.25, 0.3) is 0 Å². The van der Waals surface area contributed by atoms with E-state index < -0.39 is 0 Å². The molecule has 0 aliphatic rings. The normalized spacial score (nSPS) is 12.9. The van der Waals surface area contributed by atoms with Gasteiger partial charge >= 0.3 is 0 Å². The molecule has 1 atom stereocenters. The average Bonchev–Trinajstić information content (AvgIpc) is 2.35. The molecular weight excluding hydrogens is 212 g/mol. The van der Waals surface area contributed by atoms with Gasteiger partial charge in [-0.25, -0.2) is 0 Å². The van der Waals surface area contributed by atoms with E-state index >= 15 is 0 Å². The summed E-state index contributed by atoms with van der Waals surface area (Å²) in [6, 6.07) is 0.425. The minimum atomic E-state index is 0.425. The Labute approximate surface area is 107 Å². The van der Waals surface area contributed by atoms with Crippen molar-refractivity contribution in [3.8, 4) is 0 Å². The van der Waals surface area contributed by atoms with Crippen LogP contribution in [0.1, 0.15) is 58.8 Å². The van der Waals surface area contributed by atoms with Crippen molar-refractivity contribution >= 4 is 0 Å². The van der Waals surface area contributed by atoms with Crippen molar-refractivity contribution in [3.05, 3.63) is 0 Å². The zero-order valence-corrected chi connectivity index (χ0v) is 11.8. The first kappa shape index (κ1) is 16.9. The van der Waals surface area contributed by atoms with E-state index in [-0.39, 0.29) is 0 Å². The lowest BCUT2D eigenvalue weighted by molar-refractivity contribution is 0.127. The standard InChI is InChI=1S/C14H32N2O/c1-3-4-5-6-7-8-11-17-12-9-10-16-14(2)13-15/h14,16H,3-13,15H2,1-2H3. The lowest BCUT2D eigenvalue weighted by Gasteiger charge is -2.10. The zero-order chi connectivity index (χ0) is 12.8. The first-order valence-corrected chi connectivity index (χ1v) is 7.32. The van der Waals surface area contributed by atoms with E-state index in [1.807, 2.05) is 0 Å². The highest BCUT2D eigenvalue weighted by atomic mass is 16.5. The summed E-state index contributed by atoms with van der Waals surface area (Å²) in [6.07, 6.45) is 9.08. The monoisotopic (exact) mass is 244 g/mol. The summed E-state index contributed by atoms with van der Waals surface area (Å²) in [5, 5.41) is 3.35. The molecule has 3 N–H and O–H groups in total. The molecule has 0 rings (SSSR count). The van der Waals surface area contributed by atoms with Crippen molar-refractivity contribution in [2.24, 2.45) is 5.73 Å². The van der Waals surface area contributed by atoms with E-state index in [9.17, 15) is 0 Å². The van der Waals surface area contributed by atoms with E-state index in [1.54, 1.807) is 0 Å². The molecule has 0 heterocycles. The first-order chi connectivity index (χ1) is 8.31. The number of unbranched alkanes of at least 4 members (excludes halogenated alkanes) is 5. The number of hydrogen-bond acceptors (Lipinski definition) is 3. The average molecular weight is 244 g/mol. The molecule has 0 aliphatic carbocycles. The topological polar surface area (TPSA) is 47.3 Å². The van der Waals surface area contributed by atoms with Crippen LogP contribution in [-0.4, -0.2) is 32.3 Å². The Balaban J connectivity index is 2.94. The quantitative estimate of drug-likeness (QED) is 0.490. The summed E-state index contributed by atoms with van der Waals surface area (Å²) < 4.78 is 5.58. The second-order valence-corrected chi connectivity index (χ2v) is 4.82. The highest BCUT2D eigenvalue weighted by Gasteiger charge is 1.96. The molecule has 0 amide bonds. The van der Waals surface area contributed by atoms with Gasteiger partial charge in [-0.05, 0) is 26.3 Å². The van der Waals surface area contributed by atoms with Gasteiger partial charge in [0.1, 0.15) is 0 Å². The van der Waals surface area contributed by atoms with Gasteiger partial charge in [-0.15, -0.1) is 0 Å². The Hall–Kier alpha value is -0.120. The van der Waals surface area contributed by atoms with Crippen LogP contribution in [0.4, 0.5) is 0 Å². The molecule has 0 aromatic carbocycles. The number of nitrogens with one attached hydrogen (secondary N) is 1. The van der Waals surface area contributed by atoms with Gasteiger partial charge in [0.2, 0.25) is 0 Å². The molecule has 0 saturated carbocycles. The van der Waals surface area contributed by atoms with Gasteiger partial charge in [0, 0.05) is 25.8 Å². The molecule has 1 unspecified atom stereocenters. The highest BCUT2D eigenvalue weighted by molar-refractivity contribution is 4.59. The van der Waals surface area contributed by atoms with Gasteiger partial charge in [-0.2, -0.15) is 0 Å². The van der Waals surface area contributed by atoms with Crippen LogP contribution in [0.5, 0.6) is 0 Å². The van der Waals surface area contributed by atoms with Crippen molar-refractivity contribution in [1.82, 2.24) is 5.32 Å². The molecule has 0 aromatic rings. The van der Waals surface area contributed by atoms with Crippen LogP contribution in [0.15, 0.2) is 0 Å². The van der Waals surface area contributed by atoms with Crippen molar-refractivity contribution in [2.45, 2.75) is 64.8 Å². The molecule has 0 aliphatic heterocycles. The molecule has 0 spiro atoms. The van der Waals surface area contributed by atoms with Crippen LogP contribution in [0.2, 0.25) is 0 Å². The lowest BCUT2D eigenvalue weighted by atomic mass is 10.1. The van der Waals surface area contributed by atoms with Gasteiger partial charge in [-0.1, -0.05) is 39.0 Å². The van der Waals surface area contributed by atoms with Gasteiger partial charge < -0.3 is 15.8 Å². The molecule has 0 radical (unpaired) electrons. The first-order valence-electron chi connectivity index (χ1n) is 7.32. The van der Waals surface area contributed by atoms with Crippen LogP contribution in [0, 0.1) is 0 Å². The van der Waals surface area contributed by atoms with Gasteiger partial charge in [0.25, 0.3) is 0 Å². The predicted octanol–water partition coefficient (Wildman–Crippen LogP) is 2.69. The van der Waals surface area contributed by atoms with Crippen LogP contribution >= 0.6 is 0 Å². The summed E-state index contributed by atoms with van der Waals surface area (Å²) in [7, 11) is 0. The minimum absolute atomic E-state index is 0.425. The third kappa shape index (κ3) is 13.8. The third-order valence-electron chi connectivity index (χ3n) is 2.95. The highest BCUT2D eigenvalue weighted by Crippen LogP contribution is 2.04. The smallest absolute Gasteiger partial charge is 0.0478 e. The molecule has 0 saturated heterocycles. The minimum Gasteiger partial charge on any atom is -0.381 e. The Kier molecular flexibility index (Phi) is 13.8. The number of ether oxygens (including phenoxy) is 1. The van der Waals surface area contributed by atoms with Gasteiger partial charge in [0.05, 0.1) is 0 Å². The Morgan fingerprint density at radius 3 is 2.35 bits per heavy atom. The molecule has 17 heavy (non-hydrogen) atoms. The largest absolute Gasteiger partial charge is 0.381 e. The van der Waals surface area contributed by atoms with E-state index in [0.717, 1.165) is 26.2 Å². The van der Waals surface area contributed by atoms with Crippen LogP contribution < -0.4 is 11.1 Å². The second kappa shape index (κ2) is 13.9. The predicted molar refractivity (Wildman–Crippen MR) is 75.3 cm³/mol. The molecule has 104 valence electrons. The summed E-state index contributed by atoms with van der Waals surface area (Å²) in [5.41, 5.74) is 5.51. The maximum absolute atomic E-state index is 5.58. The van der Waals surface area contributed by atoms with Crippen molar-refractivity contribution in [1.29, 1.82) is 0 Å². The fourth-order valence-corrected chi connectivity index (χ4v) is 1.69. The fraction of sp³-hybridized carbons (Fsp3) is 1.00. The van der Waals surface area contributed by atoms with E-state index in [2.05, 4.69) is 19.2 Å². The fourth-order valence-electron chi connectivity index (χ4n) is 1.69. The van der Waals surface area contributed by atoms with Crippen LogP contribution in [0.3, 0.4) is 0 Å². The van der Waals surface area contributed by atoms with Gasteiger partial charge in [-0.3, -0.25) is 0 Å². The molecule has 0 aromatic heterocycles. The third-order valence-corrected chi connectivity index (χ3v) is 2.95. The van der Waals surface area contributed by atoms with Crippen molar-refractivity contribution in [3.63, 3.8) is 0 Å². The molecule has 3 nitrogen and oxygen atoms in total.